The first-order chi connectivity index (χ1) is 14.7. The fraction of sp³-hybridized carbons (Fsp3) is 0.211. The number of anilines is 1. The van der Waals surface area contributed by atoms with E-state index in [9.17, 15) is 28.1 Å². The van der Waals surface area contributed by atoms with E-state index in [2.05, 4.69) is 15.7 Å². The molecule has 31 heavy (non-hydrogen) atoms. The van der Waals surface area contributed by atoms with Crippen LogP contribution in [0.1, 0.15) is 0 Å². The van der Waals surface area contributed by atoms with Crippen LogP contribution in [0.2, 0.25) is 0 Å². The fourth-order valence-corrected chi connectivity index (χ4v) is 3.51. The molecule has 162 valence electrons. The van der Waals surface area contributed by atoms with Crippen LogP contribution in [-0.2, 0) is 21.2 Å². The van der Waals surface area contributed by atoms with E-state index in [1.54, 1.807) is 24.3 Å². The maximum absolute atomic E-state index is 12.4. The van der Waals surface area contributed by atoms with E-state index in [0.717, 1.165) is 17.0 Å². The smallest absolute Gasteiger partial charge is 0.293 e. The minimum absolute atomic E-state index is 0.117. The molecule has 2 aromatic carbocycles. The molecular weight excluding hydrogens is 426 g/mol. The third kappa shape index (κ3) is 5.22. The van der Waals surface area contributed by atoms with Gasteiger partial charge in [-0.2, -0.15) is 5.10 Å². The molecule has 0 fully saturated rings. The highest BCUT2D eigenvalue weighted by molar-refractivity contribution is 7.90. The highest BCUT2D eigenvalue weighted by atomic mass is 32.2. The van der Waals surface area contributed by atoms with E-state index < -0.39 is 20.7 Å². The minimum atomic E-state index is -3.58. The van der Waals surface area contributed by atoms with Crippen LogP contribution in [0.4, 0.5) is 11.4 Å². The Morgan fingerprint density at radius 3 is 2.65 bits per heavy atom. The first-order valence-corrected chi connectivity index (χ1v) is 11.0. The molecule has 0 atom stereocenters. The number of nitrogens with zero attached hydrogens (tertiary/aromatic N) is 3. The van der Waals surface area contributed by atoms with Crippen LogP contribution in [0.15, 0.2) is 58.4 Å². The zero-order chi connectivity index (χ0) is 22.6. The number of carbonyl (C=O) groups excluding carboxylic acids is 1. The predicted molar refractivity (Wildman–Crippen MR) is 114 cm³/mol. The molecule has 1 amide bonds. The molecule has 0 unspecified atom stereocenters. The Morgan fingerprint density at radius 2 is 1.94 bits per heavy atom. The van der Waals surface area contributed by atoms with Gasteiger partial charge in [-0.3, -0.25) is 19.7 Å². The number of hydrogen-bond acceptors (Lipinski definition) is 8. The highest BCUT2D eigenvalue weighted by Gasteiger charge is 2.18. The molecule has 0 aliphatic carbocycles. The Morgan fingerprint density at radius 1 is 1.19 bits per heavy atom. The van der Waals surface area contributed by atoms with Gasteiger partial charge >= 0.3 is 0 Å². The molecule has 0 bridgehead atoms. The fourth-order valence-electron chi connectivity index (χ4n) is 2.87. The quantitative estimate of drug-likeness (QED) is 0.295. The van der Waals surface area contributed by atoms with Gasteiger partial charge in [0.05, 0.1) is 21.4 Å². The number of rotatable bonds is 8. The lowest BCUT2D eigenvalue weighted by Crippen LogP contribution is -2.35. The summed E-state index contributed by atoms with van der Waals surface area (Å²) in [6.07, 6.45) is 2.47. The van der Waals surface area contributed by atoms with Gasteiger partial charge in [0.15, 0.2) is 9.84 Å². The molecule has 0 spiro atoms. The summed E-state index contributed by atoms with van der Waals surface area (Å²) in [7, 11) is -3.58. The monoisotopic (exact) mass is 445 g/mol. The molecule has 1 aromatic heterocycles. The van der Waals surface area contributed by atoms with Crippen molar-refractivity contribution >= 4 is 37.9 Å². The van der Waals surface area contributed by atoms with Gasteiger partial charge in [0.1, 0.15) is 12.2 Å². The van der Waals surface area contributed by atoms with Crippen molar-refractivity contribution in [3.8, 4) is 0 Å². The Labute approximate surface area is 176 Å². The predicted octanol–water partition coefficient (Wildman–Crippen LogP) is 0.936. The maximum atomic E-state index is 12.4. The zero-order valence-electron chi connectivity index (χ0n) is 16.4. The van der Waals surface area contributed by atoms with Crippen molar-refractivity contribution in [2.75, 3.05) is 24.7 Å². The molecule has 1 heterocycles. The molecule has 0 radical (unpaired) electrons. The Kier molecular flexibility index (Phi) is 6.30. The lowest BCUT2D eigenvalue weighted by molar-refractivity contribution is -0.384. The van der Waals surface area contributed by atoms with E-state index in [1.807, 2.05) is 0 Å². The van der Waals surface area contributed by atoms with Gasteiger partial charge in [-0.05, 0) is 18.2 Å². The third-order valence-electron chi connectivity index (χ3n) is 4.41. The van der Waals surface area contributed by atoms with Crippen LogP contribution >= 0.6 is 0 Å². The third-order valence-corrected chi connectivity index (χ3v) is 5.52. The molecule has 0 aliphatic rings. The Hall–Kier alpha value is -3.80. The summed E-state index contributed by atoms with van der Waals surface area (Å²) in [5, 5.41) is 21.7. The van der Waals surface area contributed by atoms with Crippen molar-refractivity contribution in [3.63, 3.8) is 0 Å². The number of fused-ring (bicyclic) bond motifs is 1. The summed E-state index contributed by atoms with van der Waals surface area (Å²) in [4.78, 5) is 34.9. The second kappa shape index (κ2) is 8.92. The standard InChI is InChI=1S/C19H19N5O6S/c1-31(29,30)14-6-7-16(17(10-14)24(27)28)20-8-9-21-18(25)12-23-19(26)15-5-3-2-4-13(15)11-22-23/h2-7,10-11,20H,8-9,12H2,1H3,(H,21,25). The number of sulfone groups is 1. The summed E-state index contributed by atoms with van der Waals surface area (Å²) in [5.74, 6) is -0.450. The van der Waals surface area contributed by atoms with Crippen LogP contribution in [0.25, 0.3) is 10.8 Å². The molecule has 0 aliphatic heterocycles. The highest BCUT2D eigenvalue weighted by Crippen LogP contribution is 2.27. The van der Waals surface area contributed by atoms with Crippen LogP contribution < -0.4 is 16.2 Å². The lowest BCUT2D eigenvalue weighted by atomic mass is 10.2. The summed E-state index contributed by atoms with van der Waals surface area (Å²) in [6.45, 7) is -0.0101. The van der Waals surface area contributed by atoms with Gasteiger partial charge in [-0.15, -0.1) is 0 Å². The molecule has 3 aromatic rings. The number of carbonyl (C=O) groups is 1. The first kappa shape index (κ1) is 21.9. The number of nitrogens with one attached hydrogen (secondary N) is 2. The van der Waals surface area contributed by atoms with E-state index in [4.69, 9.17) is 0 Å². The number of benzene rings is 2. The summed E-state index contributed by atoms with van der Waals surface area (Å²) in [5.41, 5.74) is -0.645. The summed E-state index contributed by atoms with van der Waals surface area (Å²) >= 11 is 0. The molecule has 0 saturated carbocycles. The van der Waals surface area contributed by atoms with E-state index >= 15 is 0 Å². The van der Waals surface area contributed by atoms with E-state index in [-0.39, 0.29) is 41.5 Å². The van der Waals surface area contributed by atoms with Crippen LogP contribution in [0.5, 0.6) is 0 Å². The molecule has 0 saturated heterocycles. The topological polar surface area (TPSA) is 153 Å². The van der Waals surface area contributed by atoms with Crippen molar-refractivity contribution in [2.24, 2.45) is 0 Å². The zero-order valence-corrected chi connectivity index (χ0v) is 17.3. The molecular formula is C19H19N5O6S. The average Bonchev–Trinajstić information content (AvgIpc) is 2.72. The largest absolute Gasteiger partial charge is 0.378 e. The summed E-state index contributed by atoms with van der Waals surface area (Å²) < 4.78 is 24.2. The Balaban J connectivity index is 1.59. The van der Waals surface area contributed by atoms with Gasteiger partial charge in [-0.25, -0.2) is 13.1 Å². The molecule has 3 rings (SSSR count). The van der Waals surface area contributed by atoms with E-state index in [0.29, 0.717) is 10.8 Å². The average molecular weight is 445 g/mol. The molecule has 11 nitrogen and oxygen atoms in total. The van der Waals surface area contributed by atoms with Gasteiger partial charge in [0.25, 0.3) is 11.2 Å². The number of aromatic nitrogens is 2. The maximum Gasteiger partial charge on any atom is 0.293 e. The van der Waals surface area contributed by atoms with Gasteiger partial charge in [0, 0.05) is 30.8 Å². The minimum Gasteiger partial charge on any atom is -0.378 e. The number of amides is 1. The van der Waals surface area contributed by atoms with Crippen molar-refractivity contribution < 1.29 is 18.1 Å². The van der Waals surface area contributed by atoms with Gasteiger partial charge in [0.2, 0.25) is 5.91 Å². The number of nitro groups is 1. The second-order valence-electron chi connectivity index (χ2n) is 6.68. The van der Waals surface area contributed by atoms with Crippen LogP contribution in [0, 0.1) is 10.1 Å². The van der Waals surface area contributed by atoms with Crippen molar-refractivity contribution in [1.29, 1.82) is 0 Å². The van der Waals surface area contributed by atoms with Gasteiger partial charge in [-0.1, -0.05) is 18.2 Å². The lowest BCUT2D eigenvalue weighted by Gasteiger charge is -2.10. The molecule has 2 N–H and O–H groups in total. The van der Waals surface area contributed by atoms with Crippen LogP contribution in [0.3, 0.4) is 0 Å². The van der Waals surface area contributed by atoms with Gasteiger partial charge < -0.3 is 10.6 Å². The Bertz CT molecular complexity index is 1320. The van der Waals surface area contributed by atoms with Crippen molar-refractivity contribution in [2.45, 2.75) is 11.4 Å². The van der Waals surface area contributed by atoms with Crippen molar-refractivity contribution in [3.05, 3.63) is 69.1 Å². The summed E-state index contributed by atoms with van der Waals surface area (Å²) in [6, 6.07) is 10.5. The second-order valence-corrected chi connectivity index (χ2v) is 8.70. The number of hydrogen-bond donors (Lipinski definition) is 2. The van der Waals surface area contributed by atoms with Crippen LogP contribution in [-0.4, -0.2) is 48.4 Å². The first-order valence-electron chi connectivity index (χ1n) is 9.11. The SMILES string of the molecule is CS(=O)(=O)c1ccc(NCCNC(=O)Cn2ncc3ccccc3c2=O)c([N+](=O)[O-])c1. The normalized spacial score (nSPS) is 11.3. The van der Waals surface area contributed by atoms with E-state index in [1.165, 1.54) is 18.3 Å². The van der Waals surface area contributed by atoms with Crippen molar-refractivity contribution in [1.82, 2.24) is 15.1 Å². The number of nitro benzene ring substituents is 1. The molecule has 12 heteroatoms.